The first-order chi connectivity index (χ1) is 8.74. The van der Waals surface area contributed by atoms with Crippen LogP contribution in [0.5, 0.6) is 0 Å². The van der Waals surface area contributed by atoms with Gasteiger partial charge in [-0.1, -0.05) is 18.2 Å². The minimum absolute atomic E-state index is 0.819. The van der Waals surface area contributed by atoms with Crippen molar-refractivity contribution in [1.29, 1.82) is 0 Å². The summed E-state index contributed by atoms with van der Waals surface area (Å²) in [4.78, 5) is 6.41. The van der Waals surface area contributed by atoms with Gasteiger partial charge in [0.05, 0.1) is 0 Å². The van der Waals surface area contributed by atoms with E-state index in [1.807, 2.05) is 19.4 Å². The van der Waals surface area contributed by atoms with Crippen LogP contribution in [0.15, 0.2) is 42.7 Å². The minimum atomic E-state index is 0.819. The Kier molecular flexibility index (Phi) is 3.95. The van der Waals surface area contributed by atoms with E-state index in [1.54, 1.807) is 0 Å². The predicted molar refractivity (Wildman–Crippen MR) is 76.2 cm³/mol. The van der Waals surface area contributed by atoms with E-state index in [-0.39, 0.29) is 0 Å². The molecule has 3 nitrogen and oxygen atoms in total. The number of pyridine rings is 1. The third-order valence-electron chi connectivity index (χ3n) is 3.08. The van der Waals surface area contributed by atoms with Gasteiger partial charge >= 0.3 is 0 Å². The zero-order chi connectivity index (χ0) is 13.0. The van der Waals surface area contributed by atoms with Gasteiger partial charge in [-0.15, -0.1) is 0 Å². The molecular formula is C15H19N3. The van der Waals surface area contributed by atoms with Crippen molar-refractivity contribution < 1.29 is 0 Å². The molecule has 1 aromatic heterocycles. The fourth-order valence-corrected chi connectivity index (χ4v) is 2.14. The van der Waals surface area contributed by atoms with E-state index in [2.05, 4.69) is 59.5 Å². The number of aryl methyl sites for hydroxylation is 1. The topological polar surface area (TPSA) is 28.2 Å². The van der Waals surface area contributed by atoms with Gasteiger partial charge in [0.1, 0.15) is 0 Å². The number of anilines is 2. The van der Waals surface area contributed by atoms with E-state index in [0.717, 1.165) is 6.54 Å². The second-order valence-corrected chi connectivity index (χ2v) is 4.38. The predicted octanol–water partition coefficient (Wildman–Crippen LogP) is 2.88. The van der Waals surface area contributed by atoms with Crippen LogP contribution in [0.3, 0.4) is 0 Å². The number of benzene rings is 1. The Morgan fingerprint density at radius 1 is 1.17 bits per heavy atom. The number of rotatable bonds is 4. The highest BCUT2D eigenvalue weighted by Crippen LogP contribution is 2.28. The molecule has 0 aliphatic carbocycles. The van der Waals surface area contributed by atoms with Crippen LogP contribution in [0.2, 0.25) is 0 Å². The number of hydrogen-bond donors (Lipinski definition) is 1. The van der Waals surface area contributed by atoms with Crippen LogP contribution in [-0.2, 0) is 6.54 Å². The molecule has 0 saturated carbocycles. The Morgan fingerprint density at radius 3 is 2.67 bits per heavy atom. The zero-order valence-corrected chi connectivity index (χ0v) is 11.1. The summed E-state index contributed by atoms with van der Waals surface area (Å²) in [6.45, 7) is 2.95. The fraction of sp³-hybridized carbons (Fsp3) is 0.267. The van der Waals surface area contributed by atoms with Crippen LogP contribution in [0, 0.1) is 6.92 Å². The van der Waals surface area contributed by atoms with Gasteiger partial charge < -0.3 is 10.2 Å². The summed E-state index contributed by atoms with van der Waals surface area (Å²) in [5, 5.41) is 3.18. The Morgan fingerprint density at radius 2 is 1.94 bits per heavy atom. The molecule has 18 heavy (non-hydrogen) atoms. The summed E-state index contributed by atoms with van der Waals surface area (Å²) in [6, 6.07) is 10.5. The van der Waals surface area contributed by atoms with Gasteiger partial charge in [0.25, 0.3) is 0 Å². The summed E-state index contributed by atoms with van der Waals surface area (Å²) in [6.07, 6.45) is 3.75. The molecule has 0 aliphatic rings. The lowest BCUT2D eigenvalue weighted by molar-refractivity contribution is 0.811. The van der Waals surface area contributed by atoms with Crippen LogP contribution in [0.25, 0.3) is 0 Å². The van der Waals surface area contributed by atoms with E-state index >= 15 is 0 Å². The molecule has 2 rings (SSSR count). The van der Waals surface area contributed by atoms with Gasteiger partial charge in [-0.05, 0) is 31.7 Å². The van der Waals surface area contributed by atoms with Gasteiger partial charge in [0.2, 0.25) is 0 Å². The standard InChI is InChI=1S/C15H19N3/c1-12-6-4-5-7-14(12)18(3)15-8-9-17-11-13(15)10-16-2/h4-9,11,16H,10H2,1-3H3. The molecule has 94 valence electrons. The first kappa shape index (κ1) is 12.6. The molecule has 0 aliphatic heterocycles. The van der Waals surface area contributed by atoms with Gasteiger partial charge in [-0.2, -0.15) is 0 Å². The quantitative estimate of drug-likeness (QED) is 0.892. The molecule has 2 aromatic rings. The first-order valence-corrected chi connectivity index (χ1v) is 6.11. The molecule has 3 heteroatoms. The Bertz CT molecular complexity index is 523. The zero-order valence-electron chi connectivity index (χ0n) is 11.1. The van der Waals surface area contributed by atoms with Crippen molar-refractivity contribution in [2.75, 3.05) is 19.0 Å². The monoisotopic (exact) mass is 241 g/mol. The maximum Gasteiger partial charge on any atom is 0.0484 e. The summed E-state index contributed by atoms with van der Waals surface area (Å²) >= 11 is 0. The molecule has 0 fully saturated rings. The van der Waals surface area contributed by atoms with E-state index in [4.69, 9.17) is 0 Å². The molecule has 1 N–H and O–H groups in total. The highest BCUT2D eigenvalue weighted by Gasteiger charge is 2.10. The Balaban J connectivity index is 2.40. The molecule has 1 aromatic carbocycles. The summed E-state index contributed by atoms with van der Waals surface area (Å²) < 4.78 is 0. The van der Waals surface area contributed by atoms with E-state index in [9.17, 15) is 0 Å². The number of aromatic nitrogens is 1. The van der Waals surface area contributed by atoms with E-state index < -0.39 is 0 Å². The number of para-hydroxylation sites is 1. The molecule has 0 bridgehead atoms. The van der Waals surface area contributed by atoms with Crippen LogP contribution < -0.4 is 10.2 Å². The molecule has 0 amide bonds. The van der Waals surface area contributed by atoms with E-state index in [0.29, 0.717) is 0 Å². The lowest BCUT2D eigenvalue weighted by Crippen LogP contribution is -2.15. The first-order valence-electron chi connectivity index (χ1n) is 6.11. The Labute approximate surface area is 108 Å². The lowest BCUT2D eigenvalue weighted by atomic mass is 10.1. The van der Waals surface area contributed by atoms with Gasteiger partial charge in [-0.25, -0.2) is 0 Å². The van der Waals surface area contributed by atoms with Crippen LogP contribution in [-0.4, -0.2) is 19.1 Å². The maximum absolute atomic E-state index is 4.20. The average molecular weight is 241 g/mol. The summed E-state index contributed by atoms with van der Waals surface area (Å²) in [5.41, 5.74) is 4.88. The lowest BCUT2D eigenvalue weighted by Gasteiger charge is -2.24. The van der Waals surface area contributed by atoms with Crippen molar-refractivity contribution in [3.05, 3.63) is 53.9 Å². The van der Waals surface area contributed by atoms with Crippen molar-refractivity contribution in [1.82, 2.24) is 10.3 Å². The molecule has 0 saturated heterocycles. The highest BCUT2D eigenvalue weighted by molar-refractivity contribution is 5.67. The summed E-state index contributed by atoms with van der Waals surface area (Å²) in [5.74, 6) is 0. The number of nitrogens with zero attached hydrogens (tertiary/aromatic N) is 2. The van der Waals surface area contributed by atoms with Crippen LogP contribution in [0.4, 0.5) is 11.4 Å². The third-order valence-corrected chi connectivity index (χ3v) is 3.08. The molecular weight excluding hydrogens is 222 g/mol. The molecule has 0 spiro atoms. The van der Waals surface area contributed by atoms with Crippen molar-refractivity contribution in [3.8, 4) is 0 Å². The second-order valence-electron chi connectivity index (χ2n) is 4.38. The summed E-state index contributed by atoms with van der Waals surface area (Å²) in [7, 11) is 4.04. The second kappa shape index (κ2) is 5.65. The van der Waals surface area contributed by atoms with Crippen molar-refractivity contribution in [3.63, 3.8) is 0 Å². The van der Waals surface area contributed by atoms with Crippen molar-refractivity contribution in [2.45, 2.75) is 13.5 Å². The van der Waals surface area contributed by atoms with Gasteiger partial charge in [-0.3, -0.25) is 4.98 Å². The van der Waals surface area contributed by atoms with Gasteiger partial charge in [0.15, 0.2) is 0 Å². The fourth-order valence-electron chi connectivity index (χ4n) is 2.14. The number of hydrogen-bond acceptors (Lipinski definition) is 3. The average Bonchev–Trinajstić information content (AvgIpc) is 2.40. The molecule has 0 radical (unpaired) electrons. The smallest absolute Gasteiger partial charge is 0.0484 e. The molecule has 0 atom stereocenters. The minimum Gasteiger partial charge on any atom is -0.344 e. The maximum atomic E-state index is 4.20. The van der Waals surface area contributed by atoms with E-state index in [1.165, 1.54) is 22.5 Å². The largest absolute Gasteiger partial charge is 0.344 e. The highest BCUT2D eigenvalue weighted by atomic mass is 15.1. The van der Waals surface area contributed by atoms with Crippen molar-refractivity contribution in [2.24, 2.45) is 0 Å². The van der Waals surface area contributed by atoms with Crippen LogP contribution >= 0.6 is 0 Å². The molecule has 0 unspecified atom stereocenters. The SMILES string of the molecule is CNCc1cnccc1N(C)c1ccccc1C. The van der Waals surface area contributed by atoms with Crippen molar-refractivity contribution >= 4 is 11.4 Å². The van der Waals surface area contributed by atoms with Gasteiger partial charge in [0, 0.05) is 42.9 Å². The number of nitrogens with one attached hydrogen (secondary N) is 1. The molecule has 1 heterocycles. The normalized spacial score (nSPS) is 10.4. The Hall–Kier alpha value is -1.87. The van der Waals surface area contributed by atoms with Crippen LogP contribution in [0.1, 0.15) is 11.1 Å². The third kappa shape index (κ3) is 2.51.